The monoisotopic (exact) mass is 570 g/mol. The second-order valence-corrected chi connectivity index (χ2v) is 13.1. The van der Waals surface area contributed by atoms with Gasteiger partial charge in [0.2, 0.25) is 0 Å². The van der Waals surface area contributed by atoms with Crippen molar-refractivity contribution in [2.45, 2.75) is 160 Å². The summed E-state index contributed by atoms with van der Waals surface area (Å²) in [7, 11) is -4.35. The quantitative estimate of drug-likeness (QED) is 0.101. The Morgan fingerprint density at radius 2 is 0.950 bits per heavy atom. The summed E-state index contributed by atoms with van der Waals surface area (Å²) < 4.78 is 36.0. The van der Waals surface area contributed by atoms with E-state index < -0.39 is 10.1 Å². The van der Waals surface area contributed by atoms with Gasteiger partial charge in [0.15, 0.2) is 0 Å². The molecule has 0 saturated heterocycles. The summed E-state index contributed by atoms with van der Waals surface area (Å²) in [5, 5.41) is 0. The Morgan fingerprint density at radius 3 is 1.40 bits per heavy atom. The standard InChI is InChI=1S/C36H58O3S/c1-3-5-7-9-11-13-15-17-19-22-28-33-30-31-35(32-26-23-21-24-27-32)36(40(37,38)39)34(33)29-25-20-18-16-14-12-10-8-6-4-2/h21,23-24,26-27,30-31H,3-20,22,25,28-29H2,1-2H3,(H,37,38,39). The molecular formula is C36H58O3S. The summed E-state index contributed by atoms with van der Waals surface area (Å²) in [4.78, 5) is 0.138. The molecule has 0 bridgehead atoms. The van der Waals surface area contributed by atoms with Gasteiger partial charge >= 0.3 is 0 Å². The molecule has 0 aliphatic carbocycles. The number of rotatable bonds is 24. The van der Waals surface area contributed by atoms with Gasteiger partial charge in [0, 0.05) is 5.56 Å². The molecule has 2 aromatic rings. The maximum Gasteiger partial charge on any atom is 0.295 e. The lowest BCUT2D eigenvalue weighted by Gasteiger charge is -2.18. The van der Waals surface area contributed by atoms with E-state index in [0.717, 1.165) is 42.4 Å². The average molecular weight is 571 g/mol. The zero-order valence-electron chi connectivity index (χ0n) is 25.8. The van der Waals surface area contributed by atoms with Gasteiger partial charge in [0.05, 0.1) is 0 Å². The Kier molecular flexibility index (Phi) is 18.2. The number of aryl methyl sites for hydroxylation is 1. The van der Waals surface area contributed by atoms with Crippen LogP contribution in [0.15, 0.2) is 47.4 Å². The Balaban J connectivity index is 2.00. The van der Waals surface area contributed by atoms with Crippen LogP contribution in [0.25, 0.3) is 11.1 Å². The highest BCUT2D eigenvalue weighted by Crippen LogP contribution is 2.34. The average Bonchev–Trinajstić information content (AvgIpc) is 2.95. The van der Waals surface area contributed by atoms with E-state index in [1.54, 1.807) is 0 Å². The molecule has 0 fully saturated rings. The van der Waals surface area contributed by atoms with E-state index in [4.69, 9.17) is 0 Å². The minimum atomic E-state index is -4.35. The summed E-state index contributed by atoms with van der Waals surface area (Å²) in [5.74, 6) is 0. The minimum absolute atomic E-state index is 0.138. The summed E-state index contributed by atoms with van der Waals surface area (Å²) in [5.41, 5.74) is 3.41. The zero-order chi connectivity index (χ0) is 28.9. The predicted octanol–water partition coefficient (Wildman–Crippen LogP) is 11.5. The fourth-order valence-corrected chi connectivity index (χ4v) is 6.92. The Morgan fingerprint density at radius 1 is 0.525 bits per heavy atom. The molecule has 0 spiro atoms. The molecule has 0 aliphatic heterocycles. The summed E-state index contributed by atoms with van der Waals surface area (Å²) in [6.45, 7) is 4.52. The molecule has 0 unspecified atom stereocenters. The molecule has 1 N–H and O–H groups in total. The van der Waals surface area contributed by atoms with Crippen LogP contribution in [0, 0.1) is 0 Å². The molecule has 0 aromatic heterocycles. The number of unbranched alkanes of at least 4 members (excludes halogenated alkanes) is 18. The first kappa shape index (κ1) is 34.6. The molecule has 40 heavy (non-hydrogen) atoms. The van der Waals surface area contributed by atoms with Crippen LogP contribution in [0.3, 0.4) is 0 Å². The molecule has 4 heteroatoms. The van der Waals surface area contributed by atoms with Gasteiger partial charge in [-0.05, 0) is 42.4 Å². The lowest BCUT2D eigenvalue weighted by molar-refractivity contribution is 0.481. The number of benzene rings is 2. The molecule has 0 heterocycles. The SMILES string of the molecule is CCCCCCCCCCCCc1ccc(-c2ccccc2)c(S(=O)(=O)O)c1CCCCCCCCCCCC. The fourth-order valence-electron chi connectivity index (χ4n) is 5.91. The zero-order valence-corrected chi connectivity index (χ0v) is 26.6. The third-order valence-electron chi connectivity index (χ3n) is 8.28. The van der Waals surface area contributed by atoms with Crippen LogP contribution < -0.4 is 0 Å². The van der Waals surface area contributed by atoms with Gasteiger partial charge in [-0.1, -0.05) is 172 Å². The first-order valence-corrected chi connectivity index (χ1v) is 18.1. The van der Waals surface area contributed by atoms with E-state index in [0.29, 0.717) is 12.0 Å². The minimum Gasteiger partial charge on any atom is -0.282 e. The van der Waals surface area contributed by atoms with Gasteiger partial charge in [-0.15, -0.1) is 0 Å². The molecule has 0 radical (unpaired) electrons. The van der Waals surface area contributed by atoms with Crippen LogP contribution in [0.2, 0.25) is 0 Å². The highest BCUT2D eigenvalue weighted by atomic mass is 32.2. The smallest absolute Gasteiger partial charge is 0.282 e. The fraction of sp³-hybridized carbons (Fsp3) is 0.667. The summed E-state index contributed by atoms with van der Waals surface area (Å²) >= 11 is 0. The molecule has 0 atom stereocenters. The summed E-state index contributed by atoms with van der Waals surface area (Å²) in [6, 6.07) is 13.7. The lowest BCUT2D eigenvalue weighted by atomic mass is 9.92. The Labute approximate surface area is 247 Å². The van der Waals surface area contributed by atoms with Crippen LogP contribution in [0.1, 0.15) is 153 Å². The topological polar surface area (TPSA) is 54.4 Å². The number of hydrogen-bond acceptors (Lipinski definition) is 2. The second kappa shape index (κ2) is 21.1. The van der Waals surface area contributed by atoms with Crippen molar-refractivity contribution in [3.63, 3.8) is 0 Å². The van der Waals surface area contributed by atoms with Crippen molar-refractivity contribution in [1.82, 2.24) is 0 Å². The van der Waals surface area contributed by atoms with E-state index in [9.17, 15) is 13.0 Å². The first-order chi connectivity index (χ1) is 19.5. The van der Waals surface area contributed by atoms with Crippen molar-refractivity contribution in [3.8, 4) is 11.1 Å². The van der Waals surface area contributed by atoms with E-state index in [1.165, 1.54) is 109 Å². The molecule has 0 saturated carbocycles. The van der Waals surface area contributed by atoms with Gasteiger partial charge < -0.3 is 0 Å². The largest absolute Gasteiger partial charge is 0.295 e. The van der Waals surface area contributed by atoms with Crippen LogP contribution in [-0.2, 0) is 23.0 Å². The third-order valence-corrected chi connectivity index (χ3v) is 9.26. The normalized spacial score (nSPS) is 11.8. The van der Waals surface area contributed by atoms with Gasteiger partial charge in [-0.3, -0.25) is 4.55 Å². The van der Waals surface area contributed by atoms with Crippen molar-refractivity contribution < 1.29 is 13.0 Å². The van der Waals surface area contributed by atoms with Crippen molar-refractivity contribution >= 4 is 10.1 Å². The van der Waals surface area contributed by atoms with E-state index in [2.05, 4.69) is 19.9 Å². The van der Waals surface area contributed by atoms with Crippen LogP contribution in [-0.4, -0.2) is 13.0 Å². The van der Waals surface area contributed by atoms with Crippen LogP contribution in [0.4, 0.5) is 0 Å². The highest BCUT2D eigenvalue weighted by molar-refractivity contribution is 7.86. The maximum absolute atomic E-state index is 12.8. The van der Waals surface area contributed by atoms with Crippen molar-refractivity contribution in [2.24, 2.45) is 0 Å². The van der Waals surface area contributed by atoms with Crippen molar-refractivity contribution in [2.75, 3.05) is 0 Å². The predicted molar refractivity (Wildman–Crippen MR) is 173 cm³/mol. The molecule has 3 nitrogen and oxygen atoms in total. The van der Waals surface area contributed by atoms with Crippen molar-refractivity contribution in [1.29, 1.82) is 0 Å². The van der Waals surface area contributed by atoms with Gasteiger partial charge in [-0.2, -0.15) is 8.42 Å². The van der Waals surface area contributed by atoms with E-state index in [-0.39, 0.29) is 4.90 Å². The second-order valence-electron chi connectivity index (χ2n) is 11.8. The van der Waals surface area contributed by atoms with Crippen LogP contribution in [0.5, 0.6) is 0 Å². The molecule has 0 amide bonds. The van der Waals surface area contributed by atoms with Crippen LogP contribution >= 0.6 is 0 Å². The van der Waals surface area contributed by atoms with Gasteiger partial charge in [0.25, 0.3) is 10.1 Å². The van der Waals surface area contributed by atoms with Gasteiger partial charge in [0.1, 0.15) is 4.90 Å². The van der Waals surface area contributed by atoms with E-state index >= 15 is 0 Å². The molecule has 2 aromatic carbocycles. The van der Waals surface area contributed by atoms with E-state index in [1.807, 2.05) is 36.4 Å². The lowest BCUT2D eigenvalue weighted by Crippen LogP contribution is -2.09. The summed E-state index contributed by atoms with van der Waals surface area (Å²) in [6.07, 6.45) is 26.9. The highest BCUT2D eigenvalue weighted by Gasteiger charge is 2.23. The maximum atomic E-state index is 12.8. The number of hydrogen-bond donors (Lipinski definition) is 1. The third kappa shape index (κ3) is 13.8. The van der Waals surface area contributed by atoms with Crippen molar-refractivity contribution in [3.05, 3.63) is 53.6 Å². The molecular weight excluding hydrogens is 512 g/mol. The molecule has 0 aliphatic rings. The Bertz CT molecular complexity index is 1010. The molecule has 226 valence electrons. The Hall–Kier alpha value is -1.65. The van der Waals surface area contributed by atoms with Gasteiger partial charge in [-0.25, -0.2) is 0 Å². The molecule has 2 rings (SSSR count). The first-order valence-electron chi connectivity index (χ1n) is 16.7.